The molecule has 0 aliphatic rings. The molecule has 30 heavy (non-hydrogen) atoms. The van der Waals surface area contributed by atoms with Crippen LogP contribution in [-0.2, 0) is 7.05 Å². The molecule has 0 aliphatic carbocycles. The van der Waals surface area contributed by atoms with Gasteiger partial charge in [-0.3, -0.25) is 8.97 Å². The van der Waals surface area contributed by atoms with Crippen LogP contribution in [0, 0.1) is 0 Å². The SMILES string of the molecule is Cn1c2ccccc2c2ccc3c(c21)n1c2ccccc2nc1n3-c1ccccc1. The molecular formula is C26H18N4. The third kappa shape index (κ3) is 1.83. The Hall–Kier alpha value is -4.05. The molecule has 0 N–H and O–H groups in total. The van der Waals surface area contributed by atoms with Gasteiger partial charge in [0.2, 0.25) is 5.78 Å². The van der Waals surface area contributed by atoms with Gasteiger partial charge in [-0.05, 0) is 42.5 Å². The van der Waals surface area contributed by atoms with Gasteiger partial charge in [0.25, 0.3) is 0 Å². The maximum Gasteiger partial charge on any atom is 0.220 e. The van der Waals surface area contributed by atoms with E-state index in [-0.39, 0.29) is 0 Å². The van der Waals surface area contributed by atoms with Crippen LogP contribution in [0.1, 0.15) is 0 Å². The smallest absolute Gasteiger partial charge is 0.220 e. The summed E-state index contributed by atoms with van der Waals surface area (Å²) >= 11 is 0. The van der Waals surface area contributed by atoms with Gasteiger partial charge in [-0.2, -0.15) is 0 Å². The third-order valence-corrected chi connectivity index (χ3v) is 6.24. The fourth-order valence-corrected chi connectivity index (χ4v) is 4.96. The number of para-hydroxylation sites is 4. The summed E-state index contributed by atoms with van der Waals surface area (Å²) in [6.45, 7) is 0. The minimum absolute atomic E-state index is 0.940. The fraction of sp³-hybridized carbons (Fsp3) is 0.0385. The van der Waals surface area contributed by atoms with E-state index in [0.29, 0.717) is 0 Å². The molecule has 3 aromatic heterocycles. The zero-order valence-corrected chi connectivity index (χ0v) is 16.4. The Morgan fingerprint density at radius 1 is 0.600 bits per heavy atom. The first-order chi connectivity index (χ1) is 14.8. The summed E-state index contributed by atoms with van der Waals surface area (Å²) < 4.78 is 6.90. The average Bonchev–Trinajstić information content (AvgIpc) is 3.41. The Balaban J connectivity index is 1.83. The summed E-state index contributed by atoms with van der Waals surface area (Å²) in [5, 5.41) is 2.55. The van der Waals surface area contributed by atoms with Crippen molar-refractivity contribution in [3.05, 3.63) is 91.0 Å². The lowest BCUT2D eigenvalue weighted by atomic mass is 10.1. The molecule has 0 radical (unpaired) electrons. The summed E-state index contributed by atoms with van der Waals surface area (Å²) in [5.74, 6) is 0.940. The van der Waals surface area contributed by atoms with E-state index in [1.54, 1.807) is 0 Å². The maximum absolute atomic E-state index is 5.04. The number of fused-ring (bicyclic) bond motifs is 9. The van der Waals surface area contributed by atoms with Crippen molar-refractivity contribution in [1.29, 1.82) is 0 Å². The van der Waals surface area contributed by atoms with Crippen LogP contribution >= 0.6 is 0 Å². The molecule has 0 atom stereocenters. The van der Waals surface area contributed by atoms with Crippen molar-refractivity contribution in [3.63, 3.8) is 0 Å². The van der Waals surface area contributed by atoms with E-state index in [1.165, 1.54) is 27.3 Å². The number of aromatic nitrogens is 4. The van der Waals surface area contributed by atoms with Gasteiger partial charge in [-0.15, -0.1) is 0 Å². The van der Waals surface area contributed by atoms with Crippen molar-refractivity contribution < 1.29 is 0 Å². The monoisotopic (exact) mass is 386 g/mol. The maximum atomic E-state index is 5.04. The Morgan fingerprint density at radius 3 is 2.20 bits per heavy atom. The van der Waals surface area contributed by atoms with Crippen LogP contribution in [0.25, 0.3) is 55.3 Å². The molecule has 0 unspecified atom stereocenters. The van der Waals surface area contributed by atoms with E-state index >= 15 is 0 Å². The largest absolute Gasteiger partial charge is 0.342 e. The summed E-state index contributed by atoms with van der Waals surface area (Å²) in [4.78, 5) is 5.04. The van der Waals surface area contributed by atoms with Crippen molar-refractivity contribution >= 4 is 49.7 Å². The lowest BCUT2D eigenvalue weighted by Crippen LogP contribution is -1.94. The highest BCUT2D eigenvalue weighted by Crippen LogP contribution is 2.37. The van der Waals surface area contributed by atoms with Crippen LogP contribution in [-0.4, -0.2) is 18.5 Å². The van der Waals surface area contributed by atoms with Crippen molar-refractivity contribution in [2.24, 2.45) is 7.05 Å². The topological polar surface area (TPSA) is 27.2 Å². The van der Waals surface area contributed by atoms with E-state index in [1.807, 2.05) is 0 Å². The molecule has 4 aromatic carbocycles. The van der Waals surface area contributed by atoms with E-state index in [9.17, 15) is 0 Å². The third-order valence-electron chi connectivity index (χ3n) is 6.24. The molecule has 0 saturated heterocycles. The van der Waals surface area contributed by atoms with Gasteiger partial charge in [-0.1, -0.05) is 48.5 Å². The number of hydrogen-bond donors (Lipinski definition) is 0. The van der Waals surface area contributed by atoms with Gasteiger partial charge in [0, 0.05) is 29.0 Å². The number of rotatable bonds is 1. The van der Waals surface area contributed by atoms with E-state index in [2.05, 4.69) is 112 Å². The fourth-order valence-electron chi connectivity index (χ4n) is 4.96. The molecule has 0 bridgehead atoms. The molecule has 0 fully saturated rings. The highest BCUT2D eigenvalue weighted by Gasteiger charge is 2.21. The van der Waals surface area contributed by atoms with Crippen LogP contribution < -0.4 is 0 Å². The molecule has 0 aliphatic heterocycles. The molecule has 4 nitrogen and oxygen atoms in total. The number of nitrogens with zero attached hydrogens (tertiary/aromatic N) is 4. The van der Waals surface area contributed by atoms with Crippen molar-refractivity contribution in [3.8, 4) is 5.69 Å². The zero-order chi connectivity index (χ0) is 19.8. The molecule has 0 saturated carbocycles. The predicted octanol–water partition coefficient (Wildman–Crippen LogP) is 6.08. The first kappa shape index (κ1) is 15.8. The highest BCUT2D eigenvalue weighted by atomic mass is 15.2. The second-order valence-electron chi connectivity index (χ2n) is 7.81. The molecule has 4 heteroatoms. The molecule has 142 valence electrons. The standard InChI is InChI=1S/C26H18N4/c1-28-21-13-7-5-11-18(21)19-15-16-23-25(24(19)28)30-22-14-8-6-12-20(22)27-26(30)29(23)17-9-3-2-4-10-17/h2-16H,1H3. The van der Waals surface area contributed by atoms with E-state index in [0.717, 1.165) is 28.0 Å². The lowest BCUT2D eigenvalue weighted by Gasteiger charge is -2.05. The van der Waals surface area contributed by atoms with E-state index in [4.69, 9.17) is 4.98 Å². The van der Waals surface area contributed by atoms with Crippen LogP contribution in [0.15, 0.2) is 91.0 Å². The van der Waals surface area contributed by atoms with Gasteiger partial charge < -0.3 is 4.57 Å². The minimum Gasteiger partial charge on any atom is -0.342 e. The zero-order valence-electron chi connectivity index (χ0n) is 16.4. The highest BCUT2D eigenvalue weighted by molar-refractivity contribution is 6.17. The van der Waals surface area contributed by atoms with Gasteiger partial charge in [0.05, 0.1) is 27.6 Å². The van der Waals surface area contributed by atoms with E-state index < -0.39 is 0 Å². The van der Waals surface area contributed by atoms with Crippen molar-refractivity contribution in [1.82, 2.24) is 18.5 Å². The Kier molecular flexibility index (Phi) is 2.91. The second kappa shape index (κ2) is 5.51. The molecule has 7 rings (SSSR count). The first-order valence-electron chi connectivity index (χ1n) is 10.2. The lowest BCUT2D eigenvalue weighted by molar-refractivity contribution is 1.02. The number of aryl methyl sites for hydroxylation is 1. The second-order valence-corrected chi connectivity index (χ2v) is 7.81. The van der Waals surface area contributed by atoms with Crippen LogP contribution in [0.5, 0.6) is 0 Å². The Labute approximate surface area is 172 Å². The van der Waals surface area contributed by atoms with Crippen LogP contribution in [0.2, 0.25) is 0 Å². The Bertz CT molecular complexity index is 1750. The summed E-state index contributed by atoms with van der Waals surface area (Å²) in [6, 6.07) is 32.0. The number of imidazole rings is 2. The van der Waals surface area contributed by atoms with Gasteiger partial charge >= 0.3 is 0 Å². The molecule has 0 spiro atoms. The first-order valence-corrected chi connectivity index (χ1v) is 10.2. The van der Waals surface area contributed by atoms with Gasteiger partial charge in [0.15, 0.2) is 0 Å². The summed E-state index contributed by atoms with van der Waals surface area (Å²) in [5.41, 5.74) is 8.08. The molecule has 3 heterocycles. The molecular weight excluding hydrogens is 368 g/mol. The normalized spacial score (nSPS) is 12.2. The van der Waals surface area contributed by atoms with Crippen LogP contribution in [0.3, 0.4) is 0 Å². The van der Waals surface area contributed by atoms with Gasteiger partial charge in [0.1, 0.15) is 0 Å². The number of hydrogen-bond acceptors (Lipinski definition) is 1. The van der Waals surface area contributed by atoms with Crippen LogP contribution in [0.4, 0.5) is 0 Å². The van der Waals surface area contributed by atoms with Crippen molar-refractivity contribution in [2.45, 2.75) is 0 Å². The summed E-state index contributed by atoms with van der Waals surface area (Å²) in [7, 11) is 2.16. The minimum atomic E-state index is 0.940. The van der Waals surface area contributed by atoms with Gasteiger partial charge in [-0.25, -0.2) is 4.98 Å². The summed E-state index contributed by atoms with van der Waals surface area (Å²) in [6.07, 6.45) is 0. The Morgan fingerprint density at radius 2 is 1.33 bits per heavy atom. The predicted molar refractivity (Wildman–Crippen MR) is 124 cm³/mol. The van der Waals surface area contributed by atoms with Crippen molar-refractivity contribution in [2.75, 3.05) is 0 Å². The quantitative estimate of drug-likeness (QED) is 0.336. The number of benzene rings is 4. The average molecular weight is 386 g/mol. The molecule has 0 amide bonds. The molecule has 7 aromatic rings.